The second-order valence-electron chi connectivity index (χ2n) is 3.30. The largest absolute Gasteiger partial charge is 0.463 e. The van der Waals surface area contributed by atoms with Crippen molar-refractivity contribution < 1.29 is 19.0 Å². The Kier molecular flexibility index (Phi) is 2.90. The first kappa shape index (κ1) is 10.4. The van der Waals surface area contributed by atoms with Gasteiger partial charge in [-0.2, -0.15) is 0 Å². The van der Waals surface area contributed by atoms with Gasteiger partial charge in [-0.25, -0.2) is 4.99 Å². The third-order valence-electron chi connectivity index (χ3n) is 1.99. The molecule has 2 aliphatic rings. The van der Waals surface area contributed by atoms with Crippen molar-refractivity contribution in [2.24, 2.45) is 4.99 Å². The minimum absolute atomic E-state index is 0.133. The summed E-state index contributed by atoms with van der Waals surface area (Å²) in [5.41, 5.74) is 0. The summed E-state index contributed by atoms with van der Waals surface area (Å²) in [6.07, 6.45) is 4.86. The molecule has 0 aliphatic carbocycles. The Balaban J connectivity index is 1.81. The quantitative estimate of drug-likeness (QED) is 0.612. The van der Waals surface area contributed by atoms with Crippen LogP contribution in [-0.4, -0.2) is 36.9 Å². The normalized spacial score (nSPS) is 34.0. The van der Waals surface area contributed by atoms with Crippen LogP contribution < -0.4 is 0 Å². The van der Waals surface area contributed by atoms with Crippen LogP contribution in [0.1, 0.15) is 13.8 Å². The maximum atomic E-state index is 10.6. The lowest BCUT2D eigenvalue weighted by atomic mass is 10.1. The first-order chi connectivity index (χ1) is 7.15. The van der Waals surface area contributed by atoms with E-state index in [2.05, 4.69) is 17.8 Å². The van der Waals surface area contributed by atoms with E-state index in [1.54, 1.807) is 6.92 Å². The molecule has 5 nitrogen and oxygen atoms in total. The fraction of sp³-hybridized carbons (Fsp3) is 0.600. The number of ether oxygens (including phenoxy) is 3. The van der Waals surface area contributed by atoms with Crippen LogP contribution in [0.25, 0.3) is 0 Å². The molecular formula is C10H11NO4. The van der Waals surface area contributed by atoms with Crippen molar-refractivity contribution in [2.45, 2.75) is 32.3 Å². The highest BCUT2D eigenvalue weighted by Gasteiger charge is 2.38. The first-order valence-electron chi connectivity index (χ1n) is 4.66. The van der Waals surface area contributed by atoms with Crippen LogP contribution in [0.5, 0.6) is 0 Å². The molecule has 0 N–H and O–H groups in total. The van der Waals surface area contributed by atoms with Gasteiger partial charge in [0.15, 0.2) is 5.90 Å². The second kappa shape index (κ2) is 4.18. The van der Waals surface area contributed by atoms with E-state index in [1.807, 2.05) is 0 Å². The van der Waals surface area contributed by atoms with Crippen LogP contribution in [0.3, 0.4) is 0 Å². The maximum Gasteiger partial charge on any atom is 0.302 e. The van der Waals surface area contributed by atoms with Gasteiger partial charge in [0.05, 0.1) is 0 Å². The van der Waals surface area contributed by atoms with Crippen LogP contribution >= 0.6 is 0 Å². The number of aliphatic imine (C=N–C) groups is 1. The van der Waals surface area contributed by atoms with E-state index in [0.29, 0.717) is 5.90 Å². The van der Waals surface area contributed by atoms with Gasteiger partial charge in [-0.1, -0.05) is 0 Å². The van der Waals surface area contributed by atoms with Crippen LogP contribution in [0.15, 0.2) is 4.99 Å². The highest BCUT2D eigenvalue weighted by molar-refractivity contribution is 5.75. The van der Waals surface area contributed by atoms with Gasteiger partial charge in [-0.15, -0.1) is 0 Å². The number of hydrogen-bond donors (Lipinski definition) is 0. The fourth-order valence-corrected chi connectivity index (χ4v) is 1.37. The van der Waals surface area contributed by atoms with Gasteiger partial charge in [-0.05, 0) is 0 Å². The molecule has 80 valence electrons. The predicted molar refractivity (Wildman–Crippen MR) is 49.8 cm³/mol. The average molecular weight is 209 g/mol. The molecule has 2 aliphatic heterocycles. The predicted octanol–water partition coefficient (Wildman–Crippen LogP) is 0.254. The zero-order chi connectivity index (χ0) is 10.8. The van der Waals surface area contributed by atoms with Gasteiger partial charge in [0.2, 0.25) is 6.29 Å². The second-order valence-corrected chi connectivity index (χ2v) is 3.30. The van der Waals surface area contributed by atoms with Gasteiger partial charge in [-0.3, -0.25) is 4.79 Å². The maximum absolute atomic E-state index is 10.6. The van der Waals surface area contributed by atoms with Crippen molar-refractivity contribution in [3.05, 3.63) is 12.8 Å². The van der Waals surface area contributed by atoms with E-state index in [9.17, 15) is 4.79 Å². The number of rotatable bonds is 2. The van der Waals surface area contributed by atoms with Gasteiger partial charge < -0.3 is 14.2 Å². The molecule has 0 aromatic heterocycles. The van der Waals surface area contributed by atoms with Crippen LogP contribution in [0, 0.1) is 12.8 Å². The fourth-order valence-electron chi connectivity index (χ4n) is 1.37. The average Bonchev–Trinajstić information content (AvgIpc) is 2.53. The highest BCUT2D eigenvalue weighted by Crippen LogP contribution is 2.26. The molecule has 15 heavy (non-hydrogen) atoms. The molecule has 0 saturated carbocycles. The van der Waals surface area contributed by atoms with E-state index < -0.39 is 12.4 Å². The lowest BCUT2D eigenvalue weighted by Crippen LogP contribution is -2.39. The molecule has 4 radical (unpaired) electrons. The van der Waals surface area contributed by atoms with Crippen molar-refractivity contribution in [1.29, 1.82) is 0 Å². The molecule has 1 fully saturated rings. The molecule has 0 spiro atoms. The standard InChI is InChI=1S/C10H11NO4/c1-6-11-9-4-3-8(5-13-7(2)12)15-10(9)14-6/h8-10H,5H2,1-2H3. The smallest absolute Gasteiger partial charge is 0.302 e. The molecule has 2 rings (SSSR count). The van der Waals surface area contributed by atoms with E-state index in [1.165, 1.54) is 6.92 Å². The lowest BCUT2D eigenvalue weighted by Gasteiger charge is -2.28. The van der Waals surface area contributed by atoms with Crippen LogP contribution in [0.4, 0.5) is 0 Å². The molecule has 0 bridgehead atoms. The van der Waals surface area contributed by atoms with Crippen molar-refractivity contribution in [3.8, 4) is 0 Å². The highest BCUT2D eigenvalue weighted by atomic mass is 16.7. The summed E-state index contributed by atoms with van der Waals surface area (Å²) in [5.74, 6) is 0.231. The number of esters is 1. The van der Waals surface area contributed by atoms with Crippen LogP contribution in [0.2, 0.25) is 0 Å². The minimum atomic E-state index is -0.452. The number of carbonyl (C=O) groups is 1. The van der Waals surface area contributed by atoms with Gasteiger partial charge in [0.1, 0.15) is 18.8 Å². The third kappa shape index (κ3) is 2.47. The Hall–Kier alpha value is -1.10. The van der Waals surface area contributed by atoms with Gasteiger partial charge in [0.25, 0.3) is 0 Å². The molecule has 0 amide bonds. The Morgan fingerprint density at radius 2 is 2.40 bits per heavy atom. The summed E-state index contributed by atoms with van der Waals surface area (Å²) in [6, 6.07) is -0.237. The van der Waals surface area contributed by atoms with E-state index in [4.69, 9.17) is 14.2 Å². The summed E-state index contributed by atoms with van der Waals surface area (Å²) < 4.78 is 15.5. The van der Waals surface area contributed by atoms with E-state index >= 15 is 0 Å². The zero-order valence-electron chi connectivity index (χ0n) is 8.52. The first-order valence-corrected chi connectivity index (χ1v) is 4.66. The topological polar surface area (TPSA) is 57.1 Å². The Labute approximate surface area is 88.4 Å². The summed E-state index contributed by atoms with van der Waals surface area (Å²) in [6.45, 7) is 3.23. The number of nitrogens with zero attached hydrogens (tertiary/aromatic N) is 1. The molecule has 0 aromatic rings. The number of hydrogen-bond acceptors (Lipinski definition) is 5. The molecule has 2 heterocycles. The molecule has 3 atom stereocenters. The minimum Gasteiger partial charge on any atom is -0.463 e. The third-order valence-corrected chi connectivity index (χ3v) is 1.99. The summed E-state index contributed by atoms with van der Waals surface area (Å²) in [7, 11) is 0. The molecule has 3 unspecified atom stereocenters. The Morgan fingerprint density at radius 1 is 1.60 bits per heavy atom. The Bertz CT molecular complexity index is 289. The lowest BCUT2D eigenvalue weighted by molar-refractivity contribution is -0.159. The van der Waals surface area contributed by atoms with Crippen molar-refractivity contribution >= 4 is 11.9 Å². The van der Waals surface area contributed by atoms with Crippen molar-refractivity contribution in [1.82, 2.24) is 0 Å². The zero-order valence-corrected chi connectivity index (χ0v) is 8.52. The molecule has 0 aromatic carbocycles. The van der Waals surface area contributed by atoms with Crippen molar-refractivity contribution in [2.75, 3.05) is 6.61 Å². The molecule has 5 heteroatoms. The van der Waals surface area contributed by atoms with Gasteiger partial charge >= 0.3 is 5.97 Å². The SMILES string of the molecule is CC(=O)OCC1[C][C]C2N=C(C)OC2O1. The monoisotopic (exact) mass is 209 g/mol. The van der Waals surface area contributed by atoms with E-state index in [0.717, 1.165) is 0 Å². The molecular weight excluding hydrogens is 198 g/mol. The summed E-state index contributed by atoms with van der Waals surface area (Å²) in [4.78, 5) is 14.7. The Morgan fingerprint density at radius 3 is 3.13 bits per heavy atom. The van der Waals surface area contributed by atoms with E-state index in [-0.39, 0.29) is 18.6 Å². The molecule has 1 saturated heterocycles. The summed E-state index contributed by atoms with van der Waals surface area (Å²) in [5, 5.41) is 0. The number of fused-ring (bicyclic) bond motifs is 1. The van der Waals surface area contributed by atoms with Crippen LogP contribution in [-0.2, 0) is 19.0 Å². The number of carbonyl (C=O) groups excluding carboxylic acids is 1. The summed E-state index contributed by atoms with van der Waals surface area (Å²) >= 11 is 0. The van der Waals surface area contributed by atoms with Gasteiger partial charge in [0, 0.05) is 26.7 Å². The van der Waals surface area contributed by atoms with Crippen molar-refractivity contribution in [3.63, 3.8) is 0 Å².